The molecule has 5 nitrogen and oxygen atoms in total. The lowest BCUT2D eigenvalue weighted by atomic mass is 9.91. The van der Waals surface area contributed by atoms with Crippen LogP contribution in [0.5, 0.6) is 0 Å². The number of carboxylic acids is 1. The molecule has 1 atom stereocenters. The van der Waals surface area contributed by atoms with Gasteiger partial charge >= 0.3 is 5.97 Å². The van der Waals surface area contributed by atoms with E-state index in [4.69, 9.17) is 5.11 Å². The summed E-state index contributed by atoms with van der Waals surface area (Å²) in [6, 6.07) is 0. The predicted octanol–water partition coefficient (Wildman–Crippen LogP) is 0.378. The molecule has 8 heteroatoms. The van der Waals surface area contributed by atoms with E-state index in [2.05, 4.69) is 0 Å². The Labute approximate surface area is 97.5 Å². The molecule has 1 saturated carbocycles. The average molecular weight is 269 g/mol. The second-order valence-corrected chi connectivity index (χ2v) is 6.69. The van der Waals surface area contributed by atoms with Crippen LogP contribution in [0.3, 0.4) is 0 Å². The molecule has 0 aromatic rings. The monoisotopic (exact) mass is 269 g/mol. The van der Waals surface area contributed by atoms with Crippen LogP contribution >= 0.6 is 0 Å². The summed E-state index contributed by atoms with van der Waals surface area (Å²) in [5.74, 6) is -6.36. The van der Waals surface area contributed by atoms with Crippen molar-refractivity contribution in [2.24, 2.45) is 11.3 Å². The fourth-order valence-corrected chi connectivity index (χ4v) is 3.59. The molecular formula is C9H13F2NO4S. The van der Waals surface area contributed by atoms with Crippen LogP contribution in [0.2, 0.25) is 0 Å². The van der Waals surface area contributed by atoms with Gasteiger partial charge in [-0.3, -0.25) is 4.79 Å². The second-order valence-electron chi connectivity index (χ2n) is 4.71. The zero-order valence-electron chi connectivity index (χ0n) is 9.19. The molecule has 2 rings (SSSR count). The van der Waals surface area contributed by atoms with Gasteiger partial charge in [0.15, 0.2) is 0 Å². The van der Waals surface area contributed by atoms with Gasteiger partial charge in [0.25, 0.3) is 5.92 Å². The number of sulfonamides is 1. The lowest BCUT2D eigenvalue weighted by Gasteiger charge is -2.30. The van der Waals surface area contributed by atoms with Gasteiger partial charge in [0.1, 0.15) is 5.92 Å². The Morgan fingerprint density at radius 3 is 2.12 bits per heavy atom. The quantitative estimate of drug-likeness (QED) is 0.786. The topological polar surface area (TPSA) is 74.7 Å². The maximum Gasteiger partial charge on any atom is 0.313 e. The van der Waals surface area contributed by atoms with E-state index in [0.717, 1.165) is 10.6 Å². The fourth-order valence-electron chi connectivity index (χ4n) is 2.74. The van der Waals surface area contributed by atoms with Gasteiger partial charge in [-0.1, -0.05) is 0 Å². The third-order valence-corrected chi connectivity index (χ3v) is 5.13. The molecule has 1 heterocycles. The number of alkyl halides is 2. The molecule has 2 aliphatic rings. The van der Waals surface area contributed by atoms with Crippen LogP contribution in [-0.4, -0.2) is 49.1 Å². The molecule has 1 saturated heterocycles. The van der Waals surface area contributed by atoms with E-state index in [0.29, 0.717) is 0 Å². The number of piperidine rings is 1. The largest absolute Gasteiger partial charge is 0.481 e. The molecule has 1 unspecified atom stereocenters. The zero-order valence-corrected chi connectivity index (χ0v) is 10.0. The van der Waals surface area contributed by atoms with Crippen molar-refractivity contribution in [1.82, 2.24) is 4.31 Å². The maximum absolute atomic E-state index is 13.5. The van der Waals surface area contributed by atoms with Crippen molar-refractivity contribution < 1.29 is 27.1 Å². The number of hydrogen-bond acceptors (Lipinski definition) is 3. The van der Waals surface area contributed by atoms with Crippen LogP contribution in [0.15, 0.2) is 0 Å². The van der Waals surface area contributed by atoms with Gasteiger partial charge in [-0.15, -0.1) is 0 Å². The highest BCUT2D eigenvalue weighted by Gasteiger charge is 2.83. The third kappa shape index (κ3) is 1.65. The lowest BCUT2D eigenvalue weighted by Crippen LogP contribution is -2.40. The maximum atomic E-state index is 13.5. The Hall–Kier alpha value is -0.760. The van der Waals surface area contributed by atoms with Crippen LogP contribution in [0.4, 0.5) is 8.78 Å². The molecule has 1 aliphatic heterocycles. The van der Waals surface area contributed by atoms with Crippen molar-refractivity contribution >= 4 is 16.0 Å². The van der Waals surface area contributed by atoms with Gasteiger partial charge in [-0.25, -0.2) is 21.5 Å². The molecule has 0 aromatic carbocycles. The van der Waals surface area contributed by atoms with Crippen molar-refractivity contribution in [3.8, 4) is 0 Å². The fraction of sp³-hybridized carbons (Fsp3) is 0.889. The molecular weight excluding hydrogens is 256 g/mol. The minimum Gasteiger partial charge on any atom is -0.481 e. The van der Waals surface area contributed by atoms with Crippen LogP contribution in [0.25, 0.3) is 0 Å². The van der Waals surface area contributed by atoms with E-state index in [1.165, 1.54) is 0 Å². The molecule has 1 spiro atoms. The Kier molecular flexibility index (Phi) is 2.52. The first-order chi connectivity index (χ1) is 7.63. The Morgan fingerprint density at radius 1 is 1.35 bits per heavy atom. The SMILES string of the molecule is CS(=O)(=O)N1CCC2(CC1)C(C(=O)O)C2(F)F. The van der Waals surface area contributed by atoms with Crippen molar-refractivity contribution in [3.63, 3.8) is 0 Å². The van der Waals surface area contributed by atoms with Gasteiger partial charge in [-0.2, -0.15) is 0 Å². The number of carbonyl (C=O) groups is 1. The minimum atomic E-state index is -3.38. The molecule has 2 fully saturated rings. The molecule has 0 amide bonds. The van der Waals surface area contributed by atoms with Crippen LogP contribution in [-0.2, 0) is 14.8 Å². The number of aliphatic carboxylic acids is 1. The van der Waals surface area contributed by atoms with Gasteiger partial charge in [0, 0.05) is 13.1 Å². The van der Waals surface area contributed by atoms with E-state index < -0.39 is 33.2 Å². The minimum absolute atomic E-state index is 0.0296. The van der Waals surface area contributed by atoms with Crippen LogP contribution in [0.1, 0.15) is 12.8 Å². The Balaban J connectivity index is 2.13. The number of hydrogen-bond donors (Lipinski definition) is 1. The first-order valence-electron chi connectivity index (χ1n) is 5.19. The molecule has 98 valence electrons. The highest BCUT2D eigenvalue weighted by atomic mass is 32.2. The molecule has 0 bridgehead atoms. The van der Waals surface area contributed by atoms with Crippen LogP contribution < -0.4 is 0 Å². The summed E-state index contributed by atoms with van der Waals surface area (Å²) in [5.41, 5.74) is -1.53. The summed E-state index contributed by atoms with van der Waals surface area (Å²) in [4.78, 5) is 10.7. The standard InChI is InChI=1S/C9H13F2NO4S/c1-17(15,16)12-4-2-8(3-5-12)6(7(13)14)9(8,10)11/h6H,2-5H2,1H3,(H,13,14). The third-order valence-electron chi connectivity index (χ3n) is 3.83. The molecule has 17 heavy (non-hydrogen) atoms. The van der Waals surface area contributed by atoms with E-state index in [1.54, 1.807) is 0 Å². The summed E-state index contributed by atoms with van der Waals surface area (Å²) >= 11 is 0. The molecule has 0 radical (unpaired) electrons. The van der Waals surface area contributed by atoms with E-state index in [-0.39, 0.29) is 25.9 Å². The Morgan fingerprint density at radius 2 is 1.82 bits per heavy atom. The number of nitrogens with zero attached hydrogens (tertiary/aromatic N) is 1. The summed E-state index contributed by atoms with van der Waals surface area (Å²) in [6.07, 6.45) is 0.832. The van der Waals surface area contributed by atoms with Crippen molar-refractivity contribution in [1.29, 1.82) is 0 Å². The molecule has 1 aliphatic carbocycles. The van der Waals surface area contributed by atoms with Crippen molar-refractivity contribution in [2.75, 3.05) is 19.3 Å². The summed E-state index contributed by atoms with van der Waals surface area (Å²) in [6.45, 7) is -0.0591. The predicted molar refractivity (Wildman–Crippen MR) is 54.2 cm³/mol. The summed E-state index contributed by atoms with van der Waals surface area (Å²) in [7, 11) is -3.38. The van der Waals surface area contributed by atoms with E-state index in [9.17, 15) is 22.0 Å². The number of halogens is 2. The highest BCUT2D eigenvalue weighted by Crippen LogP contribution is 2.70. The van der Waals surface area contributed by atoms with Crippen LogP contribution in [0, 0.1) is 11.3 Å². The Bertz CT molecular complexity index is 454. The zero-order chi connectivity index (χ0) is 13.1. The van der Waals surface area contributed by atoms with Gasteiger partial charge in [0.2, 0.25) is 10.0 Å². The number of rotatable bonds is 2. The normalized spacial score (nSPS) is 31.4. The number of carboxylic acid groups (broad SMARTS) is 1. The summed E-state index contributed by atoms with van der Waals surface area (Å²) < 4.78 is 50.5. The highest BCUT2D eigenvalue weighted by molar-refractivity contribution is 7.88. The second kappa shape index (κ2) is 3.38. The average Bonchev–Trinajstić information content (AvgIpc) is 2.61. The first-order valence-corrected chi connectivity index (χ1v) is 7.03. The lowest BCUT2D eigenvalue weighted by molar-refractivity contribution is -0.141. The molecule has 0 aromatic heterocycles. The van der Waals surface area contributed by atoms with E-state index in [1.807, 2.05) is 0 Å². The smallest absolute Gasteiger partial charge is 0.313 e. The van der Waals surface area contributed by atoms with E-state index >= 15 is 0 Å². The van der Waals surface area contributed by atoms with Crippen molar-refractivity contribution in [2.45, 2.75) is 18.8 Å². The van der Waals surface area contributed by atoms with Crippen molar-refractivity contribution in [3.05, 3.63) is 0 Å². The van der Waals surface area contributed by atoms with Gasteiger partial charge in [-0.05, 0) is 12.8 Å². The first kappa shape index (κ1) is 12.7. The van der Waals surface area contributed by atoms with Gasteiger partial charge in [0.05, 0.1) is 11.7 Å². The van der Waals surface area contributed by atoms with Gasteiger partial charge < -0.3 is 5.11 Å². The molecule has 1 N–H and O–H groups in total. The summed E-state index contributed by atoms with van der Waals surface area (Å²) in [5, 5.41) is 8.72.